The van der Waals surface area contributed by atoms with Crippen LogP contribution in [0.15, 0.2) is 65.6 Å². The third kappa shape index (κ3) is 6.24. The summed E-state index contributed by atoms with van der Waals surface area (Å²) >= 11 is 0. The molecule has 1 aliphatic heterocycles. The molecule has 1 fully saturated rings. The Balaban J connectivity index is 1.44. The van der Waals surface area contributed by atoms with Crippen molar-refractivity contribution >= 4 is 34.6 Å². The second-order valence-electron chi connectivity index (χ2n) is 10.3. The molecule has 2 atom stereocenters. The quantitative estimate of drug-likeness (QED) is 0.224. The Kier molecular flexibility index (Phi) is 8.62. The maximum absolute atomic E-state index is 15.4. The molecule has 44 heavy (non-hydrogen) atoms. The molecule has 2 amide bonds. The van der Waals surface area contributed by atoms with E-state index in [1.807, 2.05) is 18.2 Å². The number of hydrogen-bond acceptors (Lipinski definition) is 7. The van der Waals surface area contributed by atoms with E-state index in [4.69, 9.17) is 5.73 Å². The van der Waals surface area contributed by atoms with E-state index in [0.29, 0.717) is 12.5 Å². The molecule has 5 N–H and O–H groups in total. The largest absolute Gasteiger partial charge is 0.477 e. The summed E-state index contributed by atoms with van der Waals surface area (Å²) in [6.45, 7) is 0.0389. The van der Waals surface area contributed by atoms with Gasteiger partial charge in [0.2, 0.25) is 17.2 Å². The van der Waals surface area contributed by atoms with Gasteiger partial charge in [0.15, 0.2) is 17.3 Å². The first-order valence-electron chi connectivity index (χ1n) is 13.6. The van der Waals surface area contributed by atoms with Crippen LogP contribution in [0.3, 0.4) is 0 Å². The molecule has 3 heterocycles. The Morgan fingerprint density at radius 1 is 1.07 bits per heavy atom. The predicted octanol–water partition coefficient (Wildman–Crippen LogP) is 1.88. The van der Waals surface area contributed by atoms with Gasteiger partial charge in [-0.15, -0.1) is 0 Å². The van der Waals surface area contributed by atoms with Crippen molar-refractivity contribution in [2.24, 2.45) is 5.73 Å². The highest BCUT2D eigenvalue weighted by Crippen LogP contribution is 2.27. The van der Waals surface area contributed by atoms with Crippen LogP contribution < -0.4 is 26.7 Å². The average Bonchev–Trinajstić information content (AvgIpc) is 3.45. The Hall–Kier alpha value is -5.24. The zero-order valence-electron chi connectivity index (χ0n) is 23.1. The number of rotatable bonds is 9. The van der Waals surface area contributed by atoms with E-state index in [-0.39, 0.29) is 43.2 Å². The van der Waals surface area contributed by atoms with Gasteiger partial charge in [-0.2, -0.15) is 0 Å². The molecule has 1 aliphatic rings. The van der Waals surface area contributed by atoms with Crippen LogP contribution in [-0.4, -0.2) is 64.2 Å². The minimum atomic E-state index is -1.62. The molecular weight excluding hydrogens is 581 g/mol. The van der Waals surface area contributed by atoms with Gasteiger partial charge >= 0.3 is 5.97 Å². The Labute approximate surface area is 248 Å². The minimum absolute atomic E-state index is 0.104. The van der Waals surface area contributed by atoms with Gasteiger partial charge in [-0.05, 0) is 30.2 Å². The van der Waals surface area contributed by atoms with E-state index in [1.165, 1.54) is 4.90 Å². The number of fused-ring (bicyclic) bond motifs is 1. The number of nitrogens with one attached hydrogen (secondary N) is 2. The molecule has 0 spiro atoms. The number of carboxylic acid groups (broad SMARTS) is 1. The molecule has 5 rings (SSSR count). The number of anilines is 1. The molecule has 1 saturated heterocycles. The zero-order chi connectivity index (χ0) is 31.5. The van der Waals surface area contributed by atoms with Crippen LogP contribution >= 0.6 is 0 Å². The van der Waals surface area contributed by atoms with Gasteiger partial charge < -0.3 is 26.4 Å². The Bertz CT molecular complexity index is 1820. The number of halogens is 3. The van der Waals surface area contributed by atoms with Gasteiger partial charge in [0.1, 0.15) is 23.2 Å². The van der Waals surface area contributed by atoms with Crippen LogP contribution in [0.5, 0.6) is 0 Å². The first-order valence-corrected chi connectivity index (χ1v) is 13.6. The lowest BCUT2D eigenvalue weighted by Crippen LogP contribution is -2.52. The highest BCUT2D eigenvalue weighted by atomic mass is 19.1. The lowest BCUT2D eigenvalue weighted by Gasteiger charge is -2.22. The van der Waals surface area contributed by atoms with Crippen molar-refractivity contribution in [3.8, 4) is 5.69 Å². The summed E-state index contributed by atoms with van der Waals surface area (Å²) in [7, 11) is 0. The fraction of sp³-hybridized carbons (Fsp3) is 0.233. The summed E-state index contributed by atoms with van der Waals surface area (Å²) in [4.78, 5) is 55.7. The summed E-state index contributed by atoms with van der Waals surface area (Å²) < 4.78 is 44.8. The van der Waals surface area contributed by atoms with Gasteiger partial charge in [0, 0.05) is 37.8 Å². The van der Waals surface area contributed by atoms with Crippen LogP contribution in [0.1, 0.15) is 22.3 Å². The summed E-state index contributed by atoms with van der Waals surface area (Å²) in [5.41, 5.74) is 3.90. The maximum Gasteiger partial charge on any atom is 0.341 e. The summed E-state index contributed by atoms with van der Waals surface area (Å²) in [6.07, 6.45) is 1.45. The van der Waals surface area contributed by atoms with Crippen molar-refractivity contribution in [3.05, 3.63) is 99.6 Å². The molecule has 0 bridgehead atoms. The number of nitrogens with two attached hydrogens (primary N) is 1. The molecule has 228 valence electrons. The van der Waals surface area contributed by atoms with Crippen molar-refractivity contribution in [1.29, 1.82) is 0 Å². The lowest BCUT2D eigenvalue weighted by molar-refractivity contribution is -0.128. The number of hydrogen-bond donors (Lipinski definition) is 4. The lowest BCUT2D eigenvalue weighted by atomic mass is 10.0. The standard InChI is InChI=1S/C30H27F3N6O5/c31-17-6-7-24(21(32)11-17)39-15-20(30(43)44)26(41)19-12-22(33)28(37-27(19)39)38-9-8-18(14-38)35-29(42)23(36-25(40)13-34)10-16-4-2-1-3-5-16/h1-7,11-12,15,18,23H,8-10,13-14,34H2,(H,35,42)(H,36,40)(H,43,44)/t18?,23-/m0/s1. The molecule has 2 aromatic carbocycles. The fourth-order valence-corrected chi connectivity index (χ4v) is 5.13. The minimum Gasteiger partial charge on any atom is -0.477 e. The van der Waals surface area contributed by atoms with Crippen LogP contribution in [0.4, 0.5) is 19.0 Å². The van der Waals surface area contributed by atoms with Gasteiger partial charge in [-0.3, -0.25) is 19.0 Å². The SMILES string of the molecule is NCC(=O)N[C@@H](Cc1ccccc1)C(=O)NC1CCN(c2nc3c(cc2F)c(=O)c(C(=O)O)cn3-c2ccc(F)cc2F)C1. The molecule has 14 heteroatoms. The van der Waals surface area contributed by atoms with Crippen molar-refractivity contribution in [2.45, 2.75) is 24.9 Å². The predicted molar refractivity (Wildman–Crippen MR) is 154 cm³/mol. The van der Waals surface area contributed by atoms with E-state index in [9.17, 15) is 33.1 Å². The van der Waals surface area contributed by atoms with Crippen molar-refractivity contribution in [2.75, 3.05) is 24.5 Å². The number of carbonyl (C=O) groups excluding carboxylic acids is 2. The first kappa shape index (κ1) is 30.2. The number of pyridine rings is 2. The van der Waals surface area contributed by atoms with Crippen LogP contribution in [0.2, 0.25) is 0 Å². The van der Waals surface area contributed by atoms with Gasteiger partial charge in [-0.25, -0.2) is 22.9 Å². The third-order valence-electron chi connectivity index (χ3n) is 7.27. The molecule has 0 radical (unpaired) electrons. The monoisotopic (exact) mass is 608 g/mol. The number of amides is 2. The van der Waals surface area contributed by atoms with E-state index in [2.05, 4.69) is 15.6 Å². The van der Waals surface area contributed by atoms with Crippen LogP contribution in [-0.2, 0) is 16.0 Å². The summed E-state index contributed by atoms with van der Waals surface area (Å²) in [5, 5.41) is 14.6. The van der Waals surface area contributed by atoms with E-state index < -0.39 is 63.7 Å². The third-order valence-corrected chi connectivity index (χ3v) is 7.27. The van der Waals surface area contributed by atoms with Crippen molar-refractivity contribution in [3.63, 3.8) is 0 Å². The van der Waals surface area contributed by atoms with E-state index in [1.54, 1.807) is 12.1 Å². The summed E-state index contributed by atoms with van der Waals surface area (Å²) in [6, 6.07) is 11.1. The zero-order valence-corrected chi connectivity index (χ0v) is 23.1. The normalized spacial score (nSPS) is 15.3. The smallest absolute Gasteiger partial charge is 0.341 e. The molecule has 4 aromatic rings. The molecule has 0 saturated carbocycles. The fourth-order valence-electron chi connectivity index (χ4n) is 5.13. The van der Waals surface area contributed by atoms with E-state index >= 15 is 4.39 Å². The molecule has 0 aliphatic carbocycles. The average molecular weight is 609 g/mol. The second kappa shape index (κ2) is 12.6. The van der Waals surface area contributed by atoms with Crippen LogP contribution in [0, 0.1) is 17.5 Å². The molecule has 11 nitrogen and oxygen atoms in total. The molecule has 2 aromatic heterocycles. The Morgan fingerprint density at radius 3 is 2.50 bits per heavy atom. The topological polar surface area (TPSA) is 160 Å². The number of aromatic nitrogens is 2. The number of aromatic carboxylic acids is 1. The van der Waals surface area contributed by atoms with Crippen molar-refractivity contribution in [1.82, 2.24) is 20.2 Å². The van der Waals surface area contributed by atoms with E-state index in [0.717, 1.165) is 34.5 Å². The van der Waals surface area contributed by atoms with Crippen LogP contribution in [0.25, 0.3) is 16.7 Å². The number of carboxylic acids is 1. The molecule has 1 unspecified atom stereocenters. The van der Waals surface area contributed by atoms with Crippen molar-refractivity contribution < 1.29 is 32.7 Å². The highest BCUT2D eigenvalue weighted by Gasteiger charge is 2.31. The summed E-state index contributed by atoms with van der Waals surface area (Å²) in [5.74, 6) is -5.69. The van der Waals surface area contributed by atoms with Gasteiger partial charge in [0.05, 0.1) is 17.6 Å². The first-order chi connectivity index (χ1) is 21.0. The Morgan fingerprint density at radius 2 is 1.82 bits per heavy atom. The van der Waals surface area contributed by atoms with Gasteiger partial charge in [0.25, 0.3) is 0 Å². The van der Waals surface area contributed by atoms with Gasteiger partial charge in [-0.1, -0.05) is 30.3 Å². The maximum atomic E-state index is 15.4. The molecular formula is C30H27F3N6O5. The second-order valence-corrected chi connectivity index (χ2v) is 10.3. The number of nitrogens with zero attached hydrogens (tertiary/aromatic N) is 3. The number of carbonyl (C=O) groups is 3. The highest BCUT2D eigenvalue weighted by molar-refractivity contribution is 5.93. The number of benzene rings is 2.